The number of hydrogen-bond acceptors (Lipinski definition) is 7. The number of hydrogen-bond donors (Lipinski definition) is 2. The molecule has 0 spiro atoms. The van der Waals surface area contributed by atoms with E-state index < -0.39 is 17.3 Å². The monoisotopic (exact) mass is 488 g/mol. The largest absolute Gasteiger partial charge is 0.380 e. The maximum Gasteiger partial charge on any atom is 0.249 e. The Morgan fingerprint density at radius 2 is 1.97 bits per heavy atom. The van der Waals surface area contributed by atoms with Gasteiger partial charge in [0, 0.05) is 11.6 Å². The minimum Gasteiger partial charge on any atom is -0.380 e. The fourth-order valence-corrected chi connectivity index (χ4v) is 3.17. The van der Waals surface area contributed by atoms with Crippen LogP contribution in [0.4, 0.5) is 8.78 Å². The molecule has 4 aromatic rings. The van der Waals surface area contributed by atoms with Crippen LogP contribution in [-0.2, 0) is 17.8 Å². The fraction of sp³-hybridized carbons (Fsp3) is 0.227. The number of aliphatic hydroxyl groups is 1. The summed E-state index contributed by atoms with van der Waals surface area (Å²) in [7, 11) is 0. The van der Waals surface area contributed by atoms with Crippen molar-refractivity contribution in [2.75, 3.05) is 0 Å². The van der Waals surface area contributed by atoms with E-state index in [1.807, 2.05) is 0 Å². The molecule has 0 aliphatic rings. The summed E-state index contributed by atoms with van der Waals surface area (Å²) in [6.07, 6.45) is 2.21. The quantitative estimate of drug-likeness (QED) is 0.389. The zero-order valence-electron chi connectivity index (χ0n) is 18.1. The molecule has 4 rings (SSSR count). The lowest BCUT2D eigenvalue weighted by atomic mass is 9.98. The summed E-state index contributed by atoms with van der Waals surface area (Å²) in [5, 5.41) is 18.4. The number of carbonyl (C=O) groups excluding carboxylic acids is 1. The summed E-state index contributed by atoms with van der Waals surface area (Å²) in [6.45, 7) is 1.36. The molecular formula is C22H22F2N6O3S. The minimum atomic E-state index is -1.81. The average molecular weight is 489 g/mol. The van der Waals surface area contributed by atoms with Gasteiger partial charge < -0.3 is 15.4 Å². The first-order valence-electron chi connectivity index (χ1n) is 10.0. The Bertz CT molecular complexity index is 1290. The van der Waals surface area contributed by atoms with Crippen LogP contribution in [0.1, 0.15) is 24.6 Å². The molecule has 0 unspecified atom stereocenters. The van der Waals surface area contributed by atoms with Crippen LogP contribution in [0.25, 0.3) is 22.9 Å². The van der Waals surface area contributed by atoms with E-state index in [9.17, 15) is 18.7 Å². The number of carbonyl (C=O) groups is 1. The Hall–Kier alpha value is -3.64. The second-order valence-corrected chi connectivity index (χ2v) is 7.67. The number of aryl methyl sites for hydroxylation is 1. The highest BCUT2D eigenvalue weighted by Crippen LogP contribution is 2.25. The second-order valence-electron chi connectivity index (χ2n) is 7.67. The van der Waals surface area contributed by atoms with Crippen molar-refractivity contribution in [1.29, 1.82) is 0 Å². The number of amides is 1. The molecule has 34 heavy (non-hydrogen) atoms. The predicted octanol–water partition coefficient (Wildman–Crippen LogP) is 2.60. The van der Waals surface area contributed by atoms with E-state index in [2.05, 4.69) is 20.2 Å². The molecule has 0 fully saturated rings. The third-order valence-electron chi connectivity index (χ3n) is 5.18. The molecule has 1 amide bonds. The number of nitrogens with zero attached hydrogens (tertiary/aromatic N) is 5. The number of halogens is 2. The zero-order valence-corrected chi connectivity index (χ0v) is 19.1. The molecule has 1 atom stereocenters. The van der Waals surface area contributed by atoms with Crippen LogP contribution >= 0.6 is 13.5 Å². The molecule has 178 valence electrons. The maximum absolute atomic E-state index is 14.3. The summed E-state index contributed by atoms with van der Waals surface area (Å²) >= 11 is 0. The summed E-state index contributed by atoms with van der Waals surface area (Å²) in [4.78, 5) is 19.6. The molecule has 12 heteroatoms. The Kier molecular flexibility index (Phi) is 7.42. The van der Waals surface area contributed by atoms with E-state index in [4.69, 9.17) is 10.3 Å². The highest BCUT2D eigenvalue weighted by atomic mass is 32.1. The molecule has 0 saturated heterocycles. The van der Waals surface area contributed by atoms with Crippen molar-refractivity contribution in [2.45, 2.75) is 31.9 Å². The Morgan fingerprint density at radius 1 is 1.21 bits per heavy atom. The number of nitrogens with two attached hydrogens (primary N) is 1. The Morgan fingerprint density at radius 3 is 2.65 bits per heavy atom. The molecule has 0 radical (unpaired) electrons. The summed E-state index contributed by atoms with van der Waals surface area (Å²) < 4.78 is 35.0. The molecule has 0 bridgehead atoms. The van der Waals surface area contributed by atoms with Gasteiger partial charge >= 0.3 is 0 Å². The van der Waals surface area contributed by atoms with E-state index >= 15 is 0 Å². The third-order valence-corrected chi connectivity index (χ3v) is 5.18. The van der Waals surface area contributed by atoms with E-state index in [1.165, 1.54) is 23.9 Å². The minimum absolute atomic E-state index is 0. The molecule has 0 aliphatic heterocycles. The van der Waals surface area contributed by atoms with Crippen molar-refractivity contribution in [2.24, 2.45) is 5.73 Å². The van der Waals surface area contributed by atoms with Gasteiger partial charge in [-0.25, -0.2) is 18.7 Å². The molecule has 9 nitrogen and oxygen atoms in total. The molecule has 3 N–H and O–H groups in total. The highest BCUT2D eigenvalue weighted by Gasteiger charge is 2.28. The zero-order chi connectivity index (χ0) is 23.6. The van der Waals surface area contributed by atoms with Gasteiger partial charge in [-0.1, -0.05) is 23.4 Å². The summed E-state index contributed by atoms with van der Waals surface area (Å²) in [5.41, 5.74) is 5.04. The van der Waals surface area contributed by atoms with Gasteiger partial charge in [0.1, 0.15) is 29.1 Å². The average Bonchev–Trinajstić information content (AvgIpc) is 3.45. The molecule has 0 aliphatic carbocycles. The third kappa shape index (κ3) is 5.29. The number of primary amides is 1. The highest BCUT2D eigenvalue weighted by molar-refractivity contribution is 7.59. The van der Waals surface area contributed by atoms with Gasteiger partial charge in [-0.3, -0.25) is 9.48 Å². The topological polar surface area (TPSA) is 133 Å². The number of aromatic nitrogens is 5. The number of benzene rings is 1. The maximum atomic E-state index is 14.3. The van der Waals surface area contributed by atoms with Crippen LogP contribution in [0.3, 0.4) is 0 Å². The summed E-state index contributed by atoms with van der Waals surface area (Å²) in [6, 6.07) is 9.56. The lowest BCUT2D eigenvalue weighted by Crippen LogP contribution is -2.41. The van der Waals surface area contributed by atoms with Gasteiger partial charge in [-0.05, 0) is 31.9 Å². The van der Waals surface area contributed by atoms with E-state index in [1.54, 1.807) is 30.3 Å². The van der Waals surface area contributed by atoms with E-state index in [-0.39, 0.29) is 50.2 Å². The summed E-state index contributed by atoms with van der Waals surface area (Å²) in [5.74, 6) is -1.88. The lowest BCUT2D eigenvalue weighted by molar-refractivity contribution is -0.135. The lowest BCUT2D eigenvalue weighted by Gasteiger charge is -2.18. The number of rotatable bonds is 8. The van der Waals surface area contributed by atoms with Gasteiger partial charge in [-0.2, -0.15) is 18.6 Å². The molecule has 3 aromatic heterocycles. The standard InChI is InChI=1S/C22H20F2N6O3.H2S/c1-22(32,21(25)31)8-6-16-15(24)11-26-20(27-16)18-10-19(17-7-9-33-29-17)30(28-18)12-13-4-2-3-5-14(13)23;/h2-5,7,9-11,32H,6,8,12H2,1H3,(H2,25,31);1H2/t22-;/m1./s1. The van der Waals surface area contributed by atoms with Crippen LogP contribution in [-0.4, -0.2) is 41.5 Å². The molecular weight excluding hydrogens is 466 g/mol. The van der Waals surface area contributed by atoms with Crippen LogP contribution in [0.5, 0.6) is 0 Å². The van der Waals surface area contributed by atoms with Crippen molar-refractivity contribution >= 4 is 19.4 Å². The van der Waals surface area contributed by atoms with Crippen molar-refractivity contribution in [3.8, 4) is 22.9 Å². The second kappa shape index (κ2) is 10.1. The smallest absolute Gasteiger partial charge is 0.249 e. The van der Waals surface area contributed by atoms with Gasteiger partial charge in [-0.15, -0.1) is 0 Å². The van der Waals surface area contributed by atoms with Crippen LogP contribution < -0.4 is 5.73 Å². The van der Waals surface area contributed by atoms with Crippen LogP contribution in [0.2, 0.25) is 0 Å². The normalized spacial score (nSPS) is 12.7. The van der Waals surface area contributed by atoms with Gasteiger partial charge in [0.05, 0.1) is 24.1 Å². The first-order chi connectivity index (χ1) is 15.7. The van der Waals surface area contributed by atoms with Crippen LogP contribution in [0, 0.1) is 11.6 Å². The van der Waals surface area contributed by atoms with Crippen LogP contribution in [0.15, 0.2) is 53.4 Å². The van der Waals surface area contributed by atoms with Crippen molar-refractivity contribution in [1.82, 2.24) is 24.9 Å². The van der Waals surface area contributed by atoms with Gasteiger partial charge in [0.2, 0.25) is 5.91 Å². The van der Waals surface area contributed by atoms with Gasteiger partial charge in [0.25, 0.3) is 0 Å². The SMILES string of the molecule is C[C@@](O)(CCc1nc(-c2cc(-c3ccon3)n(Cc3ccccc3F)n2)ncc1F)C(N)=O.S. The van der Waals surface area contributed by atoms with E-state index in [0.29, 0.717) is 22.6 Å². The van der Waals surface area contributed by atoms with Crippen molar-refractivity contribution in [3.63, 3.8) is 0 Å². The first-order valence-corrected chi connectivity index (χ1v) is 10.0. The predicted molar refractivity (Wildman–Crippen MR) is 123 cm³/mol. The molecule has 3 heterocycles. The molecule has 0 saturated carbocycles. The van der Waals surface area contributed by atoms with Gasteiger partial charge in [0.15, 0.2) is 11.6 Å². The van der Waals surface area contributed by atoms with E-state index in [0.717, 1.165) is 6.20 Å². The molecule has 1 aromatic carbocycles. The Labute approximate surface area is 200 Å². The van der Waals surface area contributed by atoms with Crippen molar-refractivity contribution in [3.05, 3.63) is 71.8 Å². The first kappa shape index (κ1) is 25.0. The Balaban J connectivity index is 0.00000324. The fourth-order valence-electron chi connectivity index (χ4n) is 3.17. The van der Waals surface area contributed by atoms with Crippen molar-refractivity contribution < 1.29 is 23.2 Å².